The molecule has 1 aromatic rings. The zero-order valence-electron chi connectivity index (χ0n) is 16.8. The van der Waals surface area contributed by atoms with Gasteiger partial charge in [0.15, 0.2) is 0 Å². The van der Waals surface area contributed by atoms with Gasteiger partial charge in [0, 0.05) is 30.6 Å². The highest BCUT2D eigenvalue weighted by molar-refractivity contribution is 5.94. The van der Waals surface area contributed by atoms with E-state index in [1.807, 2.05) is 29.2 Å². The van der Waals surface area contributed by atoms with E-state index in [0.29, 0.717) is 6.54 Å². The van der Waals surface area contributed by atoms with Crippen LogP contribution in [0.3, 0.4) is 0 Å². The Labute approximate surface area is 168 Å². The number of nitrogens with zero attached hydrogens (tertiary/aromatic N) is 1. The lowest BCUT2D eigenvalue weighted by Crippen LogP contribution is -2.53. The van der Waals surface area contributed by atoms with Crippen LogP contribution in [0.15, 0.2) is 24.3 Å². The van der Waals surface area contributed by atoms with Crippen molar-refractivity contribution in [3.05, 3.63) is 35.4 Å². The molecule has 4 heteroatoms. The highest BCUT2D eigenvalue weighted by Gasteiger charge is 2.54. The molecule has 4 nitrogen and oxygen atoms in total. The van der Waals surface area contributed by atoms with Crippen LogP contribution >= 0.6 is 0 Å². The van der Waals surface area contributed by atoms with Crippen LogP contribution in [-0.2, 0) is 11.3 Å². The molecule has 0 aromatic heterocycles. The number of hydrogen-bond donors (Lipinski definition) is 1. The summed E-state index contributed by atoms with van der Waals surface area (Å²) in [4.78, 5) is 27.6. The summed E-state index contributed by atoms with van der Waals surface area (Å²) in [5, 5.41) is 3.23. The zero-order valence-corrected chi connectivity index (χ0v) is 16.8. The number of piperidine rings is 1. The number of amides is 2. The van der Waals surface area contributed by atoms with Crippen LogP contribution < -0.4 is 5.32 Å². The SMILES string of the molecule is O=C(c1ccc(CNC(=O)C23CC4CC(CC(C4)C2)C3)cc1)N1CCCCC1. The van der Waals surface area contributed by atoms with E-state index in [4.69, 9.17) is 0 Å². The van der Waals surface area contributed by atoms with Crippen molar-refractivity contribution in [3.8, 4) is 0 Å². The van der Waals surface area contributed by atoms with E-state index in [1.165, 1.54) is 25.7 Å². The molecule has 0 radical (unpaired) electrons. The molecular formula is C24H32N2O2. The lowest BCUT2D eigenvalue weighted by Gasteiger charge is -2.55. The molecule has 1 aliphatic heterocycles. The third kappa shape index (κ3) is 3.35. The van der Waals surface area contributed by atoms with Crippen LogP contribution in [-0.4, -0.2) is 29.8 Å². The molecule has 1 saturated heterocycles. The predicted octanol–water partition coefficient (Wildman–Crippen LogP) is 4.15. The molecule has 1 aromatic carbocycles. The third-order valence-corrected chi connectivity index (χ3v) is 7.82. The van der Waals surface area contributed by atoms with E-state index in [0.717, 1.165) is 74.1 Å². The van der Waals surface area contributed by atoms with Gasteiger partial charge in [-0.1, -0.05) is 12.1 Å². The summed E-state index contributed by atoms with van der Waals surface area (Å²) in [6.07, 6.45) is 10.8. The van der Waals surface area contributed by atoms with Gasteiger partial charge in [-0.3, -0.25) is 9.59 Å². The first-order valence-corrected chi connectivity index (χ1v) is 11.3. The van der Waals surface area contributed by atoms with E-state index in [1.54, 1.807) is 0 Å². The quantitative estimate of drug-likeness (QED) is 0.853. The fourth-order valence-electron chi connectivity index (χ4n) is 6.80. The van der Waals surface area contributed by atoms with Crippen LogP contribution in [0.5, 0.6) is 0 Å². The Morgan fingerprint density at radius 2 is 1.46 bits per heavy atom. The summed E-state index contributed by atoms with van der Waals surface area (Å²) in [5.41, 5.74) is 1.75. The van der Waals surface area contributed by atoms with Crippen molar-refractivity contribution in [1.82, 2.24) is 10.2 Å². The molecule has 4 saturated carbocycles. The van der Waals surface area contributed by atoms with Crippen molar-refractivity contribution < 1.29 is 9.59 Å². The summed E-state index contributed by atoms with van der Waals surface area (Å²) in [7, 11) is 0. The molecule has 150 valence electrons. The van der Waals surface area contributed by atoms with Crippen LogP contribution in [0.2, 0.25) is 0 Å². The van der Waals surface area contributed by atoms with E-state index in [2.05, 4.69) is 5.32 Å². The van der Waals surface area contributed by atoms with Crippen molar-refractivity contribution in [3.63, 3.8) is 0 Å². The Bertz CT molecular complexity index is 713. The lowest BCUT2D eigenvalue weighted by molar-refractivity contribution is -0.146. The van der Waals surface area contributed by atoms with Gasteiger partial charge in [0.1, 0.15) is 0 Å². The number of carbonyl (C=O) groups is 2. The molecule has 2 amide bonds. The first-order valence-electron chi connectivity index (χ1n) is 11.3. The number of benzene rings is 1. The van der Waals surface area contributed by atoms with Gasteiger partial charge < -0.3 is 10.2 Å². The van der Waals surface area contributed by atoms with Crippen LogP contribution in [0.4, 0.5) is 0 Å². The first kappa shape index (κ1) is 18.2. The fourth-order valence-corrected chi connectivity index (χ4v) is 6.80. The van der Waals surface area contributed by atoms with Crippen molar-refractivity contribution in [2.45, 2.75) is 64.3 Å². The average molecular weight is 381 g/mol. The monoisotopic (exact) mass is 380 g/mol. The molecule has 0 unspecified atom stereocenters. The van der Waals surface area contributed by atoms with Gasteiger partial charge in [-0.2, -0.15) is 0 Å². The average Bonchev–Trinajstić information content (AvgIpc) is 2.71. The van der Waals surface area contributed by atoms with Crippen molar-refractivity contribution >= 4 is 11.8 Å². The van der Waals surface area contributed by atoms with Gasteiger partial charge in [-0.05, 0) is 93.2 Å². The van der Waals surface area contributed by atoms with Gasteiger partial charge in [-0.15, -0.1) is 0 Å². The van der Waals surface area contributed by atoms with Gasteiger partial charge >= 0.3 is 0 Å². The van der Waals surface area contributed by atoms with Gasteiger partial charge in [0.25, 0.3) is 5.91 Å². The molecular weight excluding hydrogens is 348 g/mol. The molecule has 4 bridgehead atoms. The summed E-state index contributed by atoms with van der Waals surface area (Å²) in [6, 6.07) is 7.83. The molecule has 5 aliphatic rings. The first-order chi connectivity index (χ1) is 13.6. The number of nitrogens with one attached hydrogen (secondary N) is 1. The predicted molar refractivity (Wildman–Crippen MR) is 109 cm³/mol. The second-order valence-electron chi connectivity index (χ2n) is 9.93. The van der Waals surface area contributed by atoms with Crippen LogP contribution in [0, 0.1) is 23.2 Å². The van der Waals surface area contributed by atoms with Crippen LogP contribution in [0.1, 0.15) is 73.7 Å². The minimum absolute atomic E-state index is 0.0844. The second kappa shape index (κ2) is 7.20. The molecule has 0 spiro atoms. The number of carbonyl (C=O) groups excluding carboxylic acids is 2. The molecule has 0 atom stereocenters. The van der Waals surface area contributed by atoms with Crippen LogP contribution in [0.25, 0.3) is 0 Å². The van der Waals surface area contributed by atoms with Gasteiger partial charge in [0.05, 0.1) is 0 Å². The number of hydrogen-bond acceptors (Lipinski definition) is 2. The molecule has 1 heterocycles. The topological polar surface area (TPSA) is 49.4 Å². The van der Waals surface area contributed by atoms with Crippen molar-refractivity contribution in [2.24, 2.45) is 23.2 Å². The molecule has 6 rings (SSSR count). The Balaban J connectivity index is 1.19. The Morgan fingerprint density at radius 1 is 0.893 bits per heavy atom. The highest BCUT2D eigenvalue weighted by Crippen LogP contribution is 2.60. The van der Waals surface area contributed by atoms with E-state index in [9.17, 15) is 9.59 Å². The van der Waals surface area contributed by atoms with Gasteiger partial charge in [-0.25, -0.2) is 0 Å². The normalized spacial score (nSPS) is 33.7. The minimum atomic E-state index is -0.0844. The Kier molecular flexibility index (Phi) is 4.68. The van der Waals surface area contributed by atoms with Crippen molar-refractivity contribution in [1.29, 1.82) is 0 Å². The van der Waals surface area contributed by atoms with E-state index >= 15 is 0 Å². The smallest absolute Gasteiger partial charge is 0.253 e. The largest absolute Gasteiger partial charge is 0.352 e. The summed E-state index contributed by atoms with van der Waals surface area (Å²) in [5.74, 6) is 2.79. The maximum atomic E-state index is 13.1. The Hall–Kier alpha value is -1.84. The van der Waals surface area contributed by atoms with E-state index in [-0.39, 0.29) is 17.2 Å². The Morgan fingerprint density at radius 3 is 2.04 bits per heavy atom. The minimum Gasteiger partial charge on any atom is -0.352 e. The maximum Gasteiger partial charge on any atom is 0.253 e. The third-order valence-electron chi connectivity index (χ3n) is 7.82. The molecule has 28 heavy (non-hydrogen) atoms. The fraction of sp³-hybridized carbons (Fsp3) is 0.667. The molecule has 4 aliphatic carbocycles. The molecule has 5 fully saturated rings. The standard InChI is InChI=1S/C24H32N2O2/c27-22(26-8-2-1-3-9-26)21-6-4-17(5-7-21)16-25-23(28)24-13-18-10-19(14-24)12-20(11-18)15-24/h4-7,18-20H,1-3,8-16H2,(H,25,28). The molecule has 1 N–H and O–H groups in total. The van der Waals surface area contributed by atoms with E-state index < -0.39 is 0 Å². The second-order valence-corrected chi connectivity index (χ2v) is 9.93. The maximum absolute atomic E-state index is 13.1. The summed E-state index contributed by atoms with van der Waals surface area (Å²) in [6.45, 7) is 2.32. The van der Waals surface area contributed by atoms with Gasteiger partial charge in [0.2, 0.25) is 5.91 Å². The highest BCUT2D eigenvalue weighted by atomic mass is 16.2. The summed E-state index contributed by atoms with van der Waals surface area (Å²) >= 11 is 0. The lowest BCUT2D eigenvalue weighted by atomic mass is 9.49. The van der Waals surface area contributed by atoms with Crippen molar-refractivity contribution in [2.75, 3.05) is 13.1 Å². The number of likely N-dealkylation sites (tertiary alicyclic amines) is 1. The number of rotatable bonds is 4. The summed E-state index contributed by atoms with van der Waals surface area (Å²) < 4.78 is 0. The zero-order chi connectivity index (χ0) is 19.1.